The zero-order valence-corrected chi connectivity index (χ0v) is 14.5. The van der Waals surface area contributed by atoms with Gasteiger partial charge in [-0.05, 0) is 19.1 Å². The summed E-state index contributed by atoms with van der Waals surface area (Å²) in [6.45, 7) is 5.02. The Hall–Kier alpha value is -0.230. The first-order valence-corrected chi connectivity index (χ1v) is 7.50. The summed E-state index contributed by atoms with van der Waals surface area (Å²) in [5, 5.41) is 7.14. The summed E-state index contributed by atoms with van der Waals surface area (Å²) in [6, 6.07) is 3.43. The molecule has 0 aliphatic carbocycles. The van der Waals surface area contributed by atoms with Crippen LogP contribution in [0.2, 0.25) is 15.1 Å². The van der Waals surface area contributed by atoms with Crippen molar-refractivity contribution in [2.75, 3.05) is 31.5 Å². The highest BCUT2D eigenvalue weighted by molar-refractivity contribution is 6.42. The molecule has 1 aromatic carbocycles. The van der Waals surface area contributed by atoms with Gasteiger partial charge in [-0.25, -0.2) is 0 Å². The first kappa shape index (κ1) is 18.8. The van der Waals surface area contributed by atoms with Crippen LogP contribution in [0.15, 0.2) is 12.1 Å². The number of anilines is 1. The average molecular weight is 373 g/mol. The fourth-order valence-electron chi connectivity index (χ4n) is 2.14. The van der Waals surface area contributed by atoms with Crippen LogP contribution in [0, 0.1) is 0 Å². The molecule has 2 rings (SSSR count). The lowest BCUT2D eigenvalue weighted by Gasteiger charge is -2.33. The molecule has 1 aliphatic rings. The molecule has 1 unspecified atom stereocenters. The molecule has 4 nitrogen and oxygen atoms in total. The van der Waals surface area contributed by atoms with Gasteiger partial charge in [0.15, 0.2) is 0 Å². The van der Waals surface area contributed by atoms with E-state index in [0.29, 0.717) is 33.3 Å². The predicted molar refractivity (Wildman–Crippen MR) is 91.3 cm³/mol. The minimum atomic E-state index is -0.134. The Morgan fingerprint density at radius 3 is 2.57 bits per heavy atom. The van der Waals surface area contributed by atoms with E-state index in [4.69, 9.17) is 34.8 Å². The number of nitrogens with zero attached hydrogens (tertiary/aromatic N) is 1. The number of nitrogens with one attached hydrogen (secondary N) is 2. The predicted octanol–water partition coefficient (Wildman–Crippen LogP) is 3.30. The molecule has 1 aliphatic heterocycles. The minimum Gasteiger partial charge on any atom is -0.322 e. The van der Waals surface area contributed by atoms with Gasteiger partial charge in [-0.2, -0.15) is 0 Å². The highest BCUT2D eigenvalue weighted by Gasteiger charge is 2.21. The molecule has 0 aromatic heterocycles. The Labute approximate surface area is 145 Å². The highest BCUT2D eigenvalue weighted by atomic mass is 35.5. The van der Waals surface area contributed by atoms with Crippen molar-refractivity contribution >= 4 is 58.8 Å². The highest BCUT2D eigenvalue weighted by Crippen LogP contribution is 2.33. The van der Waals surface area contributed by atoms with Crippen LogP contribution >= 0.6 is 47.2 Å². The fourth-order valence-corrected chi connectivity index (χ4v) is 3.05. The summed E-state index contributed by atoms with van der Waals surface area (Å²) in [5.74, 6) is -0.134. The van der Waals surface area contributed by atoms with Crippen LogP contribution in [0.5, 0.6) is 0 Å². The topological polar surface area (TPSA) is 44.4 Å². The minimum absolute atomic E-state index is 0. The zero-order chi connectivity index (χ0) is 14.7. The second-order valence-corrected chi connectivity index (χ2v) is 6.07. The summed E-state index contributed by atoms with van der Waals surface area (Å²) in [7, 11) is 0. The van der Waals surface area contributed by atoms with Crippen molar-refractivity contribution in [1.82, 2.24) is 10.2 Å². The van der Waals surface area contributed by atoms with E-state index in [-0.39, 0.29) is 18.3 Å². The molecule has 0 bridgehead atoms. The summed E-state index contributed by atoms with van der Waals surface area (Å²) in [5.41, 5.74) is 0.408. The molecule has 1 heterocycles. The average Bonchev–Trinajstić information content (AvgIpc) is 2.36. The van der Waals surface area contributed by atoms with Gasteiger partial charge in [0.05, 0.1) is 22.3 Å². The first-order valence-electron chi connectivity index (χ1n) is 6.36. The van der Waals surface area contributed by atoms with Crippen molar-refractivity contribution in [3.8, 4) is 0 Å². The quantitative estimate of drug-likeness (QED) is 0.855. The molecular weight excluding hydrogens is 356 g/mol. The standard InChI is InChI=1S/C13H16Cl3N3O.ClH/c1-8-6-17-2-3-19(8)7-12(20)18-13-10(15)4-9(14)5-11(13)16;/h4-5,8,17H,2-3,6-7H2,1H3,(H,18,20);1H. The monoisotopic (exact) mass is 371 g/mol. The molecule has 118 valence electrons. The smallest absolute Gasteiger partial charge is 0.238 e. The van der Waals surface area contributed by atoms with E-state index in [1.807, 2.05) is 0 Å². The molecule has 1 saturated heterocycles. The molecule has 1 atom stereocenters. The van der Waals surface area contributed by atoms with E-state index in [1.54, 1.807) is 12.1 Å². The van der Waals surface area contributed by atoms with E-state index in [2.05, 4.69) is 22.5 Å². The summed E-state index contributed by atoms with van der Waals surface area (Å²) in [4.78, 5) is 14.2. The third-order valence-electron chi connectivity index (χ3n) is 3.26. The summed E-state index contributed by atoms with van der Waals surface area (Å²) < 4.78 is 0. The van der Waals surface area contributed by atoms with Gasteiger partial charge in [0.2, 0.25) is 5.91 Å². The van der Waals surface area contributed by atoms with E-state index in [1.165, 1.54) is 0 Å². The van der Waals surface area contributed by atoms with Crippen molar-refractivity contribution in [2.45, 2.75) is 13.0 Å². The van der Waals surface area contributed by atoms with Crippen molar-refractivity contribution in [2.24, 2.45) is 0 Å². The summed E-state index contributed by atoms with van der Waals surface area (Å²) >= 11 is 17.9. The molecule has 8 heteroatoms. The number of benzene rings is 1. The molecule has 1 amide bonds. The Kier molecular flexibility index (Phi) is 7.54. The number of halogens is 4. The van der Waals surface area contributed by atoms with Crippen LogP contribution in [-0.4, -0.2) is 43.0 Å². The van der Waals surface area contributed by atoms with Crippen LogP contribution in [0.3, 0.4) is 0 Å². The second-order valence-electron chi connectivity index (χ2n) is 4.82. The first-order chi connectivity index (χ1) is 9.47. The van der Waals surface area contributed by atoms with Crippen LogP contribution in [0.4, 0.5) is 5.69 Å². The maximum absolute atomic E-state index is 12.1. The molecule has 1 fully saturated rings. The van der Waals surface area contributed by atoms with Crippen molar-refractivity contribution in [3.63, 3.8) is 0 Å². The molecule has 1 aromatic rings. The number of rotatable bonds is 3. The third kappa shape index (κ3) is 5.16. The van der Waals surface area contributed by atoms with Crippen LogP contribution in [0.1, 0.15) is 6.92 Å². The number of piperazine rings is 1. The van der Waals surface area contributed by atoms with Gasteiger partial charge in [-0.1, -0.05) is 34.8 Å². The van der Waals surface area contributed by atoms with Gasteiger partial charge in [0.1, 0.15) is 0 Å². The largest absolute Gasteiger partial charge is 0.322 e. The van der Waals surface area contributed by atoms with Gasteiger partial charge in [0, 0.05) is 30.7 Å². The molecule has 0 radical (unpaired) electrons. The van der Waals surface area contributed by atoms with Crippen LogP contribution < -0.4 is 10.6 Å². The van der Waals surface area contributed by atoms with E-state index in [9.17, 15) is 4.79 Å². The number of hydrogen-bond acceptors (Lipinski definition) is 3. The van der Waals surface area contributed by atoms with Gasteiger partial charge in [0.25, 0.3) is 0 Å². The van der Waals surface area contributed by atoms with Gasteiger partial charge in [-0.15, -0.1) is 12.4 Å². The zero-order valence-electron chi connectivity index (χ0n) is 11.5. The number of amides is 1. The van der Waals surface area contributed by atoms with E-state index >= 15 is 0 Å². The lowest BCUT2D eigenvalue weighted by Crippen LogP contribution is -2.52. The van der Waals surface area contributed by atoms with Gasteiger partial charge in [-0.3, -0.25) is 9.69 Å². The molecule has 21 heavy (non-hydrogen) atoms. The number of carbonyl (C=O) groups is 1. The molecule has 0 spiro atoms. The maximum Gasteiger partial charge on any atom is 0.238 e. The van der Waals surface area contributed by atoms with Crippen LogP contribution in [0.25, 0.3) is 0 Å². The number of hydrogen-bond donors (Lipinski definition) is 2. The lowest BCUT2D eigenvalue weighted by atomic mass is 10.2. The maximum atomic E-state index is 12.1. The molecule has 0 saturated carbocycles. The van der Waals surface area contributed by atoms with Crippen molar-refractivity contribution < 1.29 is 4.79 Å². The normalized spacial score (nSPS) is 19.0. The van der Waals surface area contributed by atoms with Crippen molar-refractivity contribution in [1.29, 1.82) is 0 Å². The Bertz CT molecular complexity index is 489. The van der Waals surface area contributed by atoms with E-state index < -0.39 is 0 Å². The number of carbonyl (C=O) groups excluding carboxylic acids is 1. The van der Waals surface area contributed by atoms with Crippen LogP contribution in [-0.2, 0) is 4.79 Å². The molecular formula is C13H17Cl4N3O. The van der Waals surface area contributed by atoms with Gasteiger partial charge >= 0.3 is 0 Å². The third-order valence-corrected chi connectivity index (χ3v) is 4.07. The molecule has 2 N–H and O–H groups in total. The van der Waals surface area contributed by atoms with Crippen molar-refractivity contribution in [3.05, 3.63) is 27.2 Å². The Morgan fingerprint density at radius 2 is 2.00 bits per heavy atom. The van der Waals surface area contributed by atoms with E-state index in [0.717, 1.165) is 19.6 Å². The fraction of sp³-hybridized carbons (Fsp3) is 0.462. The Balaban J connectivity index is 0.00000220. The van der Waals surface area contributed by atoms with Gasteiger partial charge < -0.3 is 10.6 Å². The second kappa shape index (κ2) is 8.42. The SMILES string of the molecule is CC1CNCCN1CC(=O)Nc1c(Cl)cc(Cl)cc1Cl.Cl. The lowest BCUT2D eigenvalue weighted by molar-refractivity contribution is -0.118. The summed E-state index contributed by atoms with van der Waals surface area (Å²) in [6.07, 6.45) is 0. The Morgan fingerprint density at radius 1 is 1.38 bits per heavy atom.